The summed E-state index contributed by atoms with van der Waals surface area (Å²) >= 11 is 0. The molecule has 152 valence electrons. The van der Waals surface area contributed by atoms with E-state index in [2.05, 4.69) is 0 Å². The Morgan fingerprint density at radius 1 is 0.680 bits per heavy atom. The SMILES string of the molecule is NCCN(C[C@H](O)[C@@H](O)[C@H](O)[C@H](O)CO)C[C@H](O)[C@@H](O)[C@H](O)CCO. The van der Waals surface area contributed by atoms with Gasteiger partial charge in [0.15, 0.2) is 0 Å². The highest BCUT2D eigenvalue weighted by Crippen LogP contribution is 2.10. The van der Waals surface area contributed by atoms with Crippen LogP contribution in [0.1, 0.15) is 6.42 Å². The Hall–Kier alpha value is -0.440. The predicted octanol–water partition coefficient (Wildman–Crippen LogP) is -5.85. The average Bonchev–Trinajstić information content (AvgIpc) is 2.59. The van der Waals surface area contributed by atoms with E-state index < -0.39 is 49.3 Å². The van der Waals surface area contributed by atoms with Gasteiger partial charge in [0.2, 0.25) is 0 Å². The second-order valence-electron chi connectivity index (χ2n) is 5.98. The first-order valence-corrected chi connectivity index (χ1v) is 8.10. The summed E-state index contributed by atoms with van der Waals surface area (Å²) in [7, 11) is 0. The Morgan fingerprint density at radius 3 is 1.60 bits per heavy atom. The Labute approximate surface area is 146 Å². The normalized spacial score (nSPS) is 20.8. The highest BCUT2D eigenvalue weighted by atomic mass is 16.4. The third-order valence-corrected chi connectivity index (χ3v) is 3.87. The monoisotopic (exact) mass is 372 g/mol. The summed E-state index contributed by atoms with van der Waals surface area (Å²) in [4.78, 5) is 1.39. The molecule has 0 saturated heterocycles. The summed E-state index contributed by atoms with van der Waals surface area (Å²) in [5.41, 5.74) is 5.44. The standard InChI is InChI=1S/C14H32N2O9/c15-2-3-16(5-9(20)12(23)8(19)1-4-17)6-10(21)13(24)14(25)11(22)7-18/h8-14,17-25H,1-7,15H2/t8-,9+,10+,11-,12+,13-,14-/m1/s1. The molecular weight excluding hydrogens is 340 g/mol. The van der Waals surface area contributed by atoms with Gasteiger partial charge in [-0.3, -0.25) is 4.90 Å². The molecule has 11 nitrogen and oxygen atoms in total. The first-order chi connectivity index (χ1) is 11.7. The molecule has 0 saturated carbocycles. The minimum atomic E-state index is -1.78. The van der Waals surface area contributed by atoms with Gasteiger partial charge < -0.3 is 51.7 Å². The van der Waals surface area contributed by atoms with Gasteiger partial charge in [-0.2, -0.15) is 0 Å². The summed E-state index contributed by atoms with van der Waals surface area (Å²) < 4.78 is 0. The van der Waals surface area contributed by atoms with E-state index in [9.17, 15) is 35.7 Å². The van der Waals surface area contributed by atoms with Crippen molar-refractivity contribution in [2.24, 2.45) is 5.73 Å². The molecule has 0 aromatic rings. The molecular formula is C14H32N2O9. The molecule has 0 rings (SSSR count). The van der Waals surface area contributed by atoms with Crippen molar-refractivity contribution in [1.29, 1.82) is 0 Å². The summed E-state index contributed by atoms with van der Waals surface area (Å²) in [6.07, 6.45) is -11.1. The molecule has 0 heterocycles. The Morgan fingerprint density at radius 2 is 1.16 bits per heavy atom. The van der Waals surface area contributed by atoms with Crippen LogP contribution in [0.3, 0.4) is 0 Å². The molecule has 7 atom stereocenters. The molecule has 0 amide bonds. The Kier molecular flexibility index (Phi) is 12.6. The van der Waals surface area contributed by atoms with E-state index in [1.165, 1.54) is 4.90 Å². The molecule has 0 aromatic carbocycles. The molecule has 0 unspecified atom stereocenters. The zero-order valence-corrected chi connectivity index (χ0v) is 14.0. The minimum Gasteiger partial charge on any atom is -0.396 e. The first-order valence-electron chi connectivity index (χ1n) is 8.10. The average molecular weight is 372 g/mol. The molecule has 0 aliphatic rings. The molecule has 11 heteroatoms. The number of aliphatic hydroxyl groups excluding tert-OH is 9. The van der Waals surface area contributed by atoms with Crippen molar-refractivity contribution in [3.8, 4) is 0 Å². The number of nitrogens with two attached hydrogens (primary N) is 1. The lowest BCUT2D eigenvalue weighted by molar-refractivity contribution is -0.123. The Balaban J connectivity index is 4.72. The molecule has 0 bridgehead atoms. The number of hydrogen-bond acceptors (Lipinski definition) is 11. The number of nitrogens with zero attached hydrogens (tertiary/aromatic N) is 1. The maximum Gasteiger partial charge on any atom is 0.111 e. The van der Waals surface area contributed by atoms with E-state index in [0.717, 1.165) is 0 Å². The lowest BCUT2D eigenvalue weighted by Gasteiger charge is -2.32. The van der Waals surface area contributed by atoms with Crippen molar-refractivity contribution in [3.05, 3.63) is 0 Å². The van der Waals surface area contributed by atoms with Gasteiger partial charge in [-0.05, 0) is 6.42 Å². The molecule has 0 radical (unpaired) electrons. The van der Waals surface area contributed by atoms with Crippen molar-refractivity contribution in [2.45, 2.75) is 49.1 Å². The maximum absolute atomic E-state index is 9.96. The van der Waals surface area contributed by atoms with E-state index >= 15 is 0 Å². The van der Waals surface area contributed by atoms with E-state index in [4.69, 9.17) is 15.9 Å². The highest BCUT2D eigenvalue weighted by molar-refractivity contribution is 4.84. The van der Waals surface area contributed by atoms with Crippen LogP contribution in [0.25, 0.3) is 0 Å². The van der Waals surface area contributed by atoms with Crippen LogP contribution in [0.5, 0.6) is 0 Å². The predicted molar refractivity (Wildman–Crippen MR) is 86.3 cm³/mol. The largest absolute Gasteiger partial charge is 0.396 e. The molecule has 25 heavy (non-hydrogen) atoms. The van der Waals surface area contributed by atoms with Crippen LogP contribution in [0.15, 0.2) is 0 Å². The van der Waals surface area contributed by atoms with Crippen molar-refractivity contribution in [1.82, 2.24) is 4.90 Å². The first kappa shape index (κ1) is 24.6. The van der Waals surface area contributed by atoms with Gasteiger partial charge in [0, 0.05) is 32.8 Å². The lowest BCUT2D eigenvalue weighted by Crippen LogP contribution is -2.52. The van der Waals surface area contributed by atoms with Gasteiger partial charge in [-0.1, -0.05) is 0 Å². The molecule has 0 aromatic heterocycles. The van der Waals surface area contributed by atoms with Gasteiger partial charge >= 0.3 is 0 Å². The van der Waals surface area contributed by atoms with Crippen molar-refractivity contribution < 1.29 is 46.0 Å². The van der Waals surface area contributed by atoms with Gasteiger partial charge in [-0.15, -0.1) is 0 Å². The summed E-state index contributed by atoms with van der Waals surface area (Å²) in [5.74, 6) is 0. The number of hydrogen-bond donors (Lipinski definition) is 10. The van der Waals surface area contributed by atoms with Crippen LogP contribution in [0.2, 0.25) is 0 Å². The van der Waals surface area contributed by atoms with Crippen molar-refractivity contribution in [3.63, 3.8) is 0 Å². The quantitative estimate of drug-likeness (QED) is 0.139. The molecule has 0 aliphatic heterocycles. The lowest BCUT2D eigenvalue weighted by atomic mass is 10.0. The fraction of sp³-hybridized carbons (Fsp3) is 1.00. The molecule has 11 N–H and O–H groups in total. The van der Waals surface area contributed by atoms with E-state index in [1.807, 2.05) is 0 Å². The topological polar surface area (TPSA) is 211 Å². The van der Waals surface area contributed by atoms with Crippen LogP contribution in [-0.4, -0.2) is 133 Å². The third-order valence-electron chi connectivity index (χ3n) is 3.87. The summed E-state index contributed by atoms with van der Waals surface area (Å²) in [6.45, 7) is -1.33. The highest BCUT2D eigenvalue weighted by Gasteiger charge is 2.32. The second kappa shape index (κ2) is 12.8. The number of aliphatic hydroxyl groups is 9. The van der Waals surface area contributed by atoms with Gasteiger partial charge in [0.25, 0.3) is 0 Å². The molecule has 0 spiro atoms. The van der Waals surface area contributed by atoms with E-state index in [-0.39, 0.29) is 39.2 Å². The van der Waals surface area contributed by atoms with Crippen LogP contribution in [0.4, 0.5) is 0 Å². The minimum absolute atomic E-state index is 0.123. The van der Waals surface area contributed by atoms with Gasteiger partial charge in [0.05, 0.1) is 24.9 Å². The molecule has 0 fully saturated rings. The second-order valence-corrected chi connectivity index (χ2v) is 5.98. The fourth-order valence-corrected chi connectivity index (χ4v) is 2.31. The maximum atomic E-state index is 9.96. The molecule has 0 aliphatic carbocycles. The summed E-state index contributed by atoms with van der Waals surface area (Å²) in [6, 6.07) is 0. The van der Waals surface area contributed by atoms with E-state index in [0.29, 0.717) is 0 Å². The zero-order valence-electron chi connectivity index (χ0n) is 14.0. The van der Waals surface area contributed by atoms with Crippen LogP contribution < -0.4 is 5.73 Å². The van der Waals surface area contributed by atoms with Crippen molar-refractivity contribution in [2.75, 3.05) is 39.4 Å². The third kappa shape index (κ3) is 8.66. The van der Waals surface area contributed by atoms with Crippen molar-refractivity contribution >= 4 is 0 Å². The smallest absolute Gasteiger partial charge is 0.111 e. The van der Waals surface area contributed by atoms with Gasteiger partial charge in [0.1, 0.15) is 24.4 Å². The van der Waals surface area contributed by atoms with Crippen LogP contribution >= 0.6 is 0 Å². The fourth-order valence-electron chi connectivity index (χ4n) is 2.31. The van der Waals surface area contributed by atoms with Crippen LogP contribution in [-0.2, 0) is 0 Å². The van der Waals surface area contributed by atoms with E-state index in [1.54, 1.807) is 0 Å². The van der Waals surface area contributed by atoms with Crippen LogP contribution in [0, 0.1) is 0 Å². The Bertz CT molecular complexity index is 339. The number of rotatable bonds is 14. The summed E-state index contributed by atoms with van der Waals surface area (Å²) in [5, 5.41) is 85.4. The van der Waals surface area contributed by atoms with Gasteiger partial charge in [-0.25, -0.2) is 0 Å². The zero-order chi connectivity index (χ0) is 19.6.